The summed E-state index contributed by atoms with van der Waals surface area (Å²) in [6.07, 6.45) is 0.680. The van der Waals surface area contributed by atoms with E-state index in [0.717, 1.165) is 11.3 Å². The number of rotatable bonds is 9. The van der Waals surface area contributed by atoms with Gasteiger partial charge in [-0.2, -0.15) is 0 Å². The number of benzene rings is 2. The highest BCUT2D eigenvalue weighted by Crippen LogP contribution is 2.27. The number of anilines is 1. The molecule has 2 aromatic rings. The van der Waals surface area contributed by atoms with Crippen LogP contribution in [0.25, 0.3) is 0 Å². The van der Waals surface area contributed by atoms with Crippen molar-refractivity contribution >= 4 is 17.6 Å². The molecule has 0 radical (unpaired) electrons. The summed E-state index contributed by atoms with van der Waals surface area (Å²) in [4.78, 5) is 23.3. The van der Waals surface area contributed by atoms with E-state index in [9.17, 15) is 9.59 Å². The fraction of sp³-hybridized carbons (Fsp3) is 0.300. The number of amides is 1. The molecule has 2 rings (SSSR count). The molecule has 0 aliphatic carbocycles. The Hall–Kier alpha value is -3.22. The van der Waals surface area contributed by atoms with Crippen LogP contribution in [0.4, 0.5) is 5.69 Å². The van der Waals surface area contributed by atoms with E-state index < -0.39 is 5.97 Å². The molecule has 0 bridgehead atoms. The summed E-state index contributed by atoms with van der Waals surface area (Å²) >= 11 is 0. The van der Waals surface area contributed by atoms with Crippen LogP contribution in [-0.2, 0) is 16.0 Å². The molecule has 0 heterocycles. The zero-order chi connectivity index (χ0) is 19.6. The van der Waals surface area contributed by atoms with Crippen LogP contribution in [0, 0.1) is 0 Å². The Labute approximate surface area is 158 Å². The smallest absolute Gasteiger partial charge is 0.337 e. The average Bonchev–Trinajstić information content (AvgIpc) is 2.71. The van der Waals surface area contributed by atoms with Crippen molar-refractivity contribution in [3.8, 4) is 11.5 Å². The van der Waals surface area contributed by atoms with Gasteiger partial charge in [0.15, 0.2) is 11.5 Å². The van der Waals surface area contributed by atoms with Crippen LogP contribution >= 0.6 is 0 Å². The minimum absolute atomic E-state index is 0.118. The lowest BCUT2D eigenvalue weighted by molar-refractivity contribution is -0.119. The summed E-state index contributed by atoms with van der Waals surface area (Å²) in [5, 5.41) is 5.87. The van der Waals surface area contributed by atoms with Gasteiger partial charge in [-0.3, -0.25) is 4.79 Å². The molecule has 0 saturated heterocycles. The number of carbonyl (C=O) groups excluding carboxylic acids is 2. The van der Waals surface area contributed by atoms with Crippen molar-refractivity contribution in [2.45, 2.75) is 6.42 Å². The lowest BCUT2D eigenvalue weighted by atomic mass is 10.1. The maximum absolute atomic E-state index is 12.0. The molecule has 144 valence electrons. The van der Waals surface area contributed by atoms with E-state index >= 15 is 0 Å². The van der Waals surface area contributed by atoms with Gasteiger partial charge < -0.3 is 24.8 Å². The number of nitrogens with one attached hydrogen (secondary N) is 2. The predicted molar refractivity (Wildman–Crippen MR) is 103 cm³/mol. The number of ether oxygens (including phenoxy) is 3. The Morgan fingerprint density at radius 3 is 2.26 bits per heavy atom. The minimum atomic E-state index is -0.394. The molecule has 1 amide bonds. The Kier molecular flexibility index (Phi) is 7.49. The first-order valence-electron chi connectivity index (χ1n) is 8.47. The molecule has 0 aliphatic rings. The van der Waals surface area contributed by atoms with E-state index in [1.165, 1.54) is 7.11 Å². The number of hydrogen-bond acceptors (Lipinski definition) is 6. The molecular weight excluding hydrogens is 348 g/mol. The van der Waals surface area contributed by atoms with E-state index in [2.05, 4.69) is 15.4 Å². The summed E-state index contributed by atoms with van der Waals surface area (Å²) in [6, 6.07) is 12.4. The maximum atomic E-state index is 12.0. The van der Waals surface area contributed by atoms with Crippen LogP contribution in [-0.4, -0.2) is 46.3 Å². The first kappa shape index (κ1) is 20.1. The van der Waals surface area contributed by atoms with E-state index in [1.807, 2.05) is 18.2 Å². The summed E-state index contributed by atoms with van der Waals surface area (Å²) in [5.41, 5.74) is 2.25. The number of esters is 1. The molecular formula is C20H24N2O5. The number of carbonyl (C=O) groups is 2. The first-order chi connectivity index (χ1) is 13.1. The Morgan fingerprint density at radius 1 is 0.926 bits per heavy atom. The zero-order valence-electron chi connectivity index (χ0n) is 15.7. The van der Waals surface area contributed by atoms with E-state index in [1.54, 1.807) is 38.5 Å². The first-order valence-corrected chi connectivity index (χ1v) is 8.47. The van der Waals surface area contributed by atoms with Crippen molar-refractivity contribution in [1.82, 2.24) is 5.32 Å². The quantitative estimate of drug-likeness (QED) is 0.657. The van der Waals surface area contributed by atoms with Crippen LogP contribution in [0.2, 0.25) is 0 Å². The second kappa shape index (κ2) is 10.1. The summed E-state index contributed by atoms with van der Waals surface area (Å²) < 4.78 is 15.1. The SMILES string of the molecule is COC(=O)c1ccc(NCC(=O)NCCc2ccc(OC)c(OC)c2)cc1. The van der Waals surface area contributed by atoms with Gasteiger partial charge in [-0.05, 0) is 48.4 Å². The predicted octanol–water partition coefficient (Wildman–Crippen LogP) is 2.26. The highest BCUT2D eigenvalue weighted by atomic mass is 16.5. The monoisotopic (exact) mass is 372 g/mol. The molecule has 0 aromatic heterocycles. The Balaban J connectivity index is 1.75. The lowest BCUT2D eigenvalue weighted by Gasteiger charge is -2.11. The largest absolute Gasteiger partial charge is 0.493 e. The molecule has 27 heavy (non-hydrogen) atoms. The third-order valence-electron chi connectivity index (χ3n) is 3.94. The Bertz CT molecular complexity index is 774. The topological polar surface area (TPSA) is 85.9 Å². The molecule has 2 N–H and O–H groups in total. The lowest BCUT2D eigenvalue weighted by Crippen LogP contribution is -2.31. The molecule has 0 spiro atoms. The maximum Gasteiger partial charge on any atom is 0.337 e. The second-order valence-electron chi connectivity index (χ2n) is 5.71. The van der Waals surface area contributed by atoms with Gasteiger partial charge in [-0.15, -0.1) is 0 Å². The van der Waals surface area contributed by atoms with Gasteiger partial charge in [0.25, 0.3) is 0 Å². The standard InChI is InChI=1S/C20H24N2O5/c1-25-17-9-4-14(12-18(17)26-2)10-11-21-19(23)13-22-16-7-5-15(6-8-16)20(24)27-3/h4-9,12,22H,10-11,13H2,1-3H3,(H,21,23). The average molecular weight is 372 g/mol. The molecule has 0 fully saturated rings. The van der Waals surface area contributed by atoms with Gasteiger partial charge in [0.2, 0.25) is 5.91 Å². The third-order valence-corrected chi connectivity index (χ3v) is 3.94. The minimum Gasteiger partial charge on any atom is -0.493 e. The van der Waals surface area contributed by atoms with Gasteiger partial charge >= 0.3 is 5.97 Å². The zero-order valence-corrected chi connectivity index (χ0v) is 15.7. The summed E-state index contributed by atoms with van der Waals surface area (Å²) in [6.45, 7) is 0.654. The summed E-state index contributed by atoms with van der Waals surface area (Å²) in [5.74, 6) is 0.827. The van der Waals surface area contributed by atoms with Crippen molar-refractivity contribution in [3.63, 3.8) is 0 Å². The van der Waals surface area contributed by atoms with Gasteiger partial charge in [-0.1, -0.05) is 6.07 Å². The molecule has 7 nitrogen and oxygen atoms in total. The molecule has 2 aromatic carbocycles. The Morgan fingerprint density at radius 2 is 1.63 bits per heavy atom. The van der Waals surface area contributed by atoms with Crippen molar-refractivity contribution in [2.24, 2.45) is 0 Å². The van der Waals surface area contributed by atoms with Crippen LogP contribution in [0.5, 0.6) is 11.5 Å². The van der Waals surface area contributed by atoms with Crippen LogP contribution < -0.4 is 20.1 Å². The number of hydrogen-bond donors (Lipinski definition) is 2. The molecule has 7 heteroatoms. The van der Waals surface area contributed by atoms with Gasteiger partial charge in [0.05, 0.1) is 33.4 Å². The highest BCUT2D eigenvalue weighted by molar-refractivity contribution is 5.89. The van der Waals surface area contributed by atoms with E-state index in [4.69, 9.17) is 9.47 Å². The second-order valence-corrected chi connectivity index (χ2v) is 5.71. The fourth-order valence-corrected chi connectivity index (χ4v) is 2.47. The summed E-state index contributed by atoms with van der Waals surface area (Å²) in [7, 11) is 4.52. The van der Waals surface area contributed by atoms with Crippen molar-refractivity contribution in [1.29, 1.82) is 0 Å². The van der Waals surface area contributed by atoms with Gasteiger partial charge in [0.1, 0.15) is 0 Å². The van der Waals surface area contributed by atoms with Crippen LogP contribution in [0.1, 0.15) is 15.9 Å². The van der Waals surface area contributed by atoms with Crippen molar-refractivity contribution in [2.75, 3.05) is 39.7 Å². The normalized spacial score (nSPS) is 10.0. The van der Waals surface area contributed by atoms with Crippen molar-refractivity contribution in [3.05, 3.63) is 53.6 Å². The molecule has 0 aliphatic heterocycles. The third kappa shape index (κ3) is 5.91. The van der Waals surface area contributed by atoms with Crippen LogP contribution in [0.15, 0.2) is 42.5 Å². The fourth-order valence-electron chi connectivity index (χ4n) is 2.47. The van der Waals surface area contributed by atoms with Crippen molar-refractivity contribution < 1.29 is 23.8 Å². The van der Waals surface area contributed by atoms with Gasteiger partial charge in [-0.25, -0.2) is 4.79 Å². The van der Waals surface area contributed by atoms with Gasteiger partial charge in [0, 0.05) is 12.2 Å². The number of methoxy groups -OCH3 is 3. The van der Waals surface area contributed by atoms with Crippen LogP contribution in [0.3, 0.4) is 0 Å². The highest BCUT2D eigenvalue weighted by Gasteiger charge is 2.07. The molecule has 0 saturated carbocycles. The molecule has 0 unspecified atom stereocenters. The van der Waals surface area contributed by atoms with E-state index in [-0.39, 0.29) is 12.5 Å². The molecule has 0 atom stereocenters. The van der Waals surface area contributed by atoms with E-state index in [0.29, 0.717) is 30.0 Å².